The van der Waals surface area contributed by atoms with Crippen LogP contribution < -0.4 is 15.0 Å². The molecule has 0 saturated carbocycles. The highest BCUT2D eigenvalue weighted by atomic mass is 35.5. The van der Waals surface area contributed by atoms with E-state index in [1.807, 2.05) is 24.9 Å². The number of hydrazine groups is 1. The number of carbonyl (C=O) groups excluding carboxylic acids is 1. The third-order valence-corrected chi connectivity index (χ3v) is 6.84. The van der Waals surface area contributed by atoms with Crippen LogP contribution in [-0.4, -0.2) is 52.6 Å². The second-order valence-corrected chi connectivity index (χ2v) is 9.52. The summed E-state index contributed by atoms with van der Waals surface area (Å²) in [6, 6.07) is 9.46. The van der Waals surface area contributed by atoms with Crippen LogP contribution in [0.2, 0.25) is 5.02 Å². The van der Waals surface area contributed by atoms with E-state index in [1.165, 1.54) is 23.1 Å². The number of anilines is 1. The average Bonchev–Trinajstić information content (AvgIpc) is 2.66. The van der Waals surface area contributed by atoms with Crippen LogP contribution >= 0.6 is 11.6 Å². The largest absolute Gasteiger partial charge is 0.335 e. The molecule has 0 spiro atoms. The molecule has 0 bridgehead atoms. The second-order valence-electron chi connectivity index (χ2n) is 7.43. The quantitative estimate of drug-likeness (QED) is 0.657. The smallest absolute Gasteiger partial charge is 0.267 e. The monoisotopic (exact) mass is 437 g/mol. The predicted octanol–water partition coefficient (Wildman–Crippen LogP) is 1.23. The van der Waals surface area contributed by atoms with E-state index in [1.54, 1.807) is 12.1 Å². The van der Waals surface area contributed by atoms with Gasteiger partial charge in [-0.3, -0.25) is 14.9 Å². The van der Waals surface area contributed by atoms with Gasteiger partial charge < -0.3 is 4.90 Å². The van der Waals surface area contributed by atoms with E-state index in [0.717, 1.165) is 37.3 Å². The van der Waals surface area contributed by atoms with Crippen LogP contribution in [0.1, 0.15) is 21.5 Å². The summed E-state index contributed by atoms with van der Waals surface area (Å²) in [7, 11) is -1.76. The first-order chi connectivity index (χ1) is 13.7. The number of aryl methyl sites for hydroxylation is 2. The molecule has 1 aliphatic heterocycles. The van der Waals surface area contributed by atoms with Gasteiger partial charge in [0.1, 0.15) is 0 Å². The number of rotatable bonds is 5. The fourth-order valence-electron chi connectivity index (χ4n) is 3.07. The summed E-state index contributed by atoms with van der Waals surface area (Å²) < 4.78 is 28.2. The van der Waals surface area contributed by atoms with E-state index >= 15 is 0 Å². The molecule has 1 heterocycles. The van der Waals surface area contributed by atoms with Crippen molar-refractivity contribution in [1.29, 1.82) is 0 Å². The lowest BCUT2D eigenvalue weighted by molar-refractivity contribution is -0.884. The lowest BCUT2D eigenvalue weighted by Gasteiger charge is -2.30. The third-order valence-electron chi connectivity index (χ3n) is 5.13. The van der Waals surface area contributed by atoms with Gasteiger partial charge in [0.25, 0.3) is 15.9 Å². The minimum Gasteiger partial charge on any atom is -0.335 e. The molecule has 29 heavy (non-hydrogen) atoms. The number of sulfonamides is 1. The normalized spacial score (nSPS) is 15.9. The van der Waals surface area contributed by atoms with Gasteiger partial charge in [0.05, 0.1) is 48.7 Å². The number of nitrogens with zero attached hydrogens (tertiary/aromatic N) is 1. The lowest BCUT2D eigenvalue weighted by Crippen LogP contribution is -3.12. The number of hydrogen-bond donors (Lipinski definition) is 3. The van der Waals surface area contributed by atoms with E-state index in [-0.39, 0.29) is 15.5 Å². The third kappa shape index (κ3) is 5.27. The van der Waals surface area contributed by atoms with Crippen molar-refractivity contribution in [2.45, 2.75) is 18.7 Å². The molecule has 3 rings (SSSR count). The highest BCUT2D eigenvalue weighted by Gasteiger charge is 2.22. The van der Waals surface area contributed by atoms with E-state index in [2.05, 4.69) is 17.2 Å². The number of benzene rings is 2. The Bertz CT molecular complexity index is 1020. The molecule has 0 aliphatic carbocycles. The number of likely N-dealkylation sites (N-methyl/N-ethyl adjacent to an activating group) is 1. The number of quaternary nitrogens is 1. The first-order valence-electron chi connectivity index (χ1n) is 9.42. The summed E-state index contributed by atoms with van der Waals surface area (Å²) in [5, 5.41) is 2.03. The van der Waals surface area contributed by atoms with Crippen molar-refractivity contribution in [1.82, 2.24) is 10.4 Å². The Hall–Kier alpha value is -2.13. The van der Waals surface area contributed by atoms with Crippen molar-refractivity contribution in [3.63, 3.8) is 0 Å². The van der Waals surface area contributed by atoms with Crippen LogP contribution in [-0.2, 0) is 10.0 Å². The molecule has 2 aromatic carbocycles. The molecule has 1 aliphatic rings. The van der Waals surface area contributed by atoms with Gasteiger partial charge in [0.15, 0.2) is 0 Å². The SMILES string of the molecule is Cc1ccc(NS(=O)(=O)c2ccc(Cl)c(C(=O)NN3CC[NH+](C)CC3)c2)cc1C. The first kappa shape index (κ1) is 21.6. The van der Waals surface area contributed by atoms with Gasteiger partial charge in [0, 0.05) is 5.69 Å². The van der Waals surface area contributed by atoms with Crippen LogP contribution in [0.4, 0.5) is 5.69 Å². The standard InChI is InChI=1S/C20H25ClN4O3S/c1-14-4-5-16(12-15(14)2)23-29(27,28)17-6-7-19(21)18(13-17)20(26)22-25-10-8-24(3)9-11-25/h4-7,12-13,23H,8-11H2,1-3H3,(H,22,26)/p+1. The number of carbonyl (C=O) groups is 1. The van der Waals surface area contributed by atoms with Gasteiger partial charge >= 0.3 is 0 Å². The van der Waals surface area contributed by atoms with Gasteiger partial charge in [-0.2, -0.15) is 0 Å². The van der Waals surface area contributed by atoms with Gasteiger partial charge in [-0.05, 0) is 55.3 Å². The van der Waals surface area contributed by atoms with Gasteiger partial charge in [-0.15, -0.1) is 0 Å². The second kappa shape index (κ2) is 8.71. The number of nitrogens with one attached hydrogen (secondary N) is 3. The Kier molecular flexibility index (Phi) is 6.48. The maximum atomic E-state index is 12.8. The van der Waals surface area contributed by atoms with Gasteiger partial charge in [-0.25, -0.2) is 13.4 Å². The number of halogens is 1. The van der Waals surface area contributed by atoms with Crippen molar-refractivity contribution in [3.05, 3.63) is 58.1 Å². The summed E-state index contributed by atoms with van der Waals surface area (Å²) >= 11 is 6.18. The van der Waals surface area contributed by atoms with Crippen molar-refractivity contribution in [3.8, 4) is 0 Å². The predicted molar refractivity (Wildman–Crippen MR) is 114 cm³/mol. The molecule has 0 radical (unpaired) electrons. The fraction of sp³-hybridized carbons (Fsp3) is 0.350. The Labute approximate surface area is 176 Å². The molecule has 0 atom stereocenters. The molecule has 156 valence electrons. The minimum absolute atomic E-state index is 0.0203. The fourth-order valence-corrected chi connectivity index (χ4v) is 4.35. The summed E-state index contributed by atoms with van der Waals surface area (Å²) in [6.45, 7) is 7.16. The first-order valence-corrected chi connectivity index (χ1v) is 11.3. The lowest BCUT2D eigenvalue weighted by atomic mass is 10.1. The van der Waals surface area contributed by atoms with E-state index < -0.39 is 15.9 Å². The van der Waals surface area contributed by atoms with Gasteiger partial charge in [-0.1, -0.05) is 17.7 Å². The molecule has 0 aromatic heterocycles. The summed E-state index contributed by atoms with van der Waals surface area (Å²) in [4.78, 5) is 14.1. The molecular weight excluding hydrogens is 412 g/mol. The average molecular weight is 438 g/mol. The highest BCUT2D eigenvalue weighted by molar-refractivity contribution is 7.92. The van der Waals surface area contributed by atoms with Crippen molar-refractivity contribution in [2.24, 2.45) is 0 Å². The molecule has 2 aromatic rings. The zero-order chi connectivity index (χ0) is 21.2. The molecule has 1 fully saturated rings. The molecule has 9 heteroatoms. The summed E-state index contributed by atoms with van der Waals surface area (Å²) in [6.07, 6.45) is 0. The topological polar surface area (TPSA) is 82.9 Å². The Morgan fingerprint density at radius 1 is 1.07 bits per heavy atom. The van der Waals surface area contributed by atoms with Crippen LogP contribution in [0, 0.1) is 13.8 Å². The van der Waals surface area contributed by atoms with Crippen LogP contribution in [0.25, 0.3) is 0 Å². The molecule has 1 amide bonds. The Balaban J connectivity index is 1.79. The van der Waals surface area contributed by atoms with E-state index in [4.69, 9.17) is 11.6 Å². The maximum Gasteiger partial charge on any atom is 0.267 e. The van der Waals surface area contributed by atoms with Crippen molar-refractivity contribution < 1.29 is 18.1 Å². The zero-order valence-corrected chi connectivity index (χ0v) is 18.3. The minimum atomic E-state index is -3.86. The Morgan fingerprint density at radius 2 is 1.76 bits per heavy atom. The maximum absolute atomic E-state index is 12.8. The van der Waals surface area contributed by atoms with Crippen molar-refractivity contribution >= 4 is 33.2 Å². The van der Waals surface area contributed by atoms with E-state index in [0.29, 0.717) is 5.69 Å². The molecular formula is C20H26ClN4O3S+. The highest BCUT2D eigenvalue weighted by Crippen LogP contribution is 2.23. The van der Waals surface area contributed by atoms with E-state index in [9.17, 15) is 13.2 Å². The number of piperazine rings is 1. The van der Waals surface area contributed by atoms with Crippen molar-refractivity contribution in [2.75, 3.05) is 37.9 Å². The molecule has 1 saturated heterocycles. The number of amides is 1. The van der Waals surface area contributed by atoms with Crippen LogP contribution in [0.3, 0.4) is 0 Å². The summed E-state index contributed by atoms with van der Waals surface area (Å²) in [5.41, 5.74) is 5.47. The van der Waals surface area contributed by atoms with Crippen LogP contribution in [0.5, 0.6) is 0 Å². The van der Waals surface area contributed by atoms with Gasteiger partial charge in [0.2, 0.25) is 0 Å². The summed E-state index contributed by atoms with van der Waals surface area (Å²) in [5.74, 6) is -0.419. The number of hydrogen-bond acceptors (Lipinski definition) is 4. The Morgan fingerprint density at radius 3 is 2.41 bits per heavy atom. The molecule has 7 nitrogen and oxygen atoms in total. The zero-order valence-electron chi connectivity index (χ0n) is 16.8. The molecule has 3 N–H and O–H groups in total. The molecule has 0 unspecified atom stereocenters. The van der Waals surface area contributed by atoms with Crippen LogP contribution in [0.15, 0.2) is 41.3 Å².